The molecule has 3 aromatic carbocycles. The van der Waals surface area contributed by atoms with Gasteiger partial charge in [-0.25, -0.2) is 0 Å². The summed E-state index contributed by atoms with van der Waals surface area (Å²) in [4.78, 5) is 32.8. The molecule has 0 unspecified atom stereocenters. The van der Waals surface area contributed by atoms with Crippen molar-refractivity contribution in [2.75, 3.05) is 76.3 Å². The summed E-state index contributed by atoms with van der Waals surface area (Å²) in [5, 5.41) is 5.40. The average Bonchev–Trinajstić information content (AvgIpc) is 3.39. The molecule has 2 fully saturated rings. The number of para-hydroxylation sites is 2. The summed E-state index contributed by atoms with van der Waals surface area (Å²) in [6, 6.07) is 18.8. The number of carbonyl (C=O) groups is 1. The Morgan fingerprint density at radius 3 is 2.41 bits per heavy atom. The van der Waals surface area contributed by atoms with Crippen molar-refractivity contribution < 1.29 is 18.4 Å². The maximum atomic E-state index is 13.2. The quantitative estimate of drug-likeness (QED) is 0.344. The molecule has 41 heavy (non-hydrogen) atoms. The largest absolute Gasteiger partial charge is 0.455 e. The number of morpholine rings is 1. The van der Waals surface area contributed by atoms with Crippen LogP contribution in [0.1, 0.15) is 0 Å². The lowest BCUT2D eigenvalue weighted by molar-refractivity contribution is -0.117. The van der Waals surface area contributed by atoms with Crippen LogP contribution in [0.5, 0.6) is 0 Å². The number of anilines is 2. The number of furan rings is 1. The van der Waals surface area contributed by atoms with Crippen molar-refractivity contribution in [1.82, 2.24) is 9.80 Å². The van der Waals surface area contributed by atoms with Gasteiger partial charge in [-0.1, -0.05) is 30.3 Å². The molecule has 1 amide bonds. The summed E-state index contributed by atoms with van der Waals surface area (Å²) >= 11 is 0. The maximum Gasteiger partial charge on any atom is 0.238 e. The molecule has 4 heterocycles. The molecule has 9 heteroatoms. The smallest absolute Gasteiger partial charge is 0.238 e. The second kappa shape index (κ2) is 10.7. The molecule has 210 valence electrons. The molecular weight excluding hydrogens is 520 g/mol. The third-order valence-electron chi connectivity index (χ3n) is 8.12. The second-order valence-corrected chi connectivity index (χ2v) is 10.8. The van der Waals surface area contributed by atoms with Gasteiger partial charge in [0, 0.05) is 61.8 Å². The molecule has 0 bridgehead atoms. The number of hydrogen-bond acceptors (Lipinski definition) is 8. The number of benzene rings is 3. The van der Waals surface area contributed by atoms with Gasteiger partial charge in [0.2, 0.25) is 5.91 Å². The number of rotatable bonds is 5. The highest BCUT2D eigenvalue weighted by Gasteiger charge is 2.23. The van der Waals surface area contributed by atoms with Gasteiger partial charge in [-0.15, -0.1) is 0 Å². The molecule has 2 aliphatic heterocycles. The Balaban J connectivity index is 1.33. The number of likely N-dealkylation sites (N-methyl/N-ethyl adjacent to an activating group) is 1. The Bertz CT molecular complexity index is 1810. The fraction of sp³-hybridized carbons (Fsp3) is 0.312. The lowest BCUT2D eigenvalue weighted by Gasteiger charge is -2.31. The summed E-state index contributed by atoms with van der Waals surface area (Å²) in [7, 11) is 2.10. The van der Waals surface area contributed by atoms with E-state index in [0.29, 0.717) is 61.0 Å². The van der Waals surface area contributed by atoms with E-state index in [4.69, 9.17) is 13.6 Å². The van der Waals surface area contributed by atoms with Crippen molar-refractivity contribution in [2.24, 2.45) is 0 Å². The van der Waals surface area contributed by atoms with Crippen molar-refractivity contribution in [3.63, 3.8) is 0 Å². The maximum absolute atomic E-state index is 13.2. The van der Waals surface area contributed by atoms with Gasteiger partial charge < -0.3 is 28.7 Å². The van der Waals surface area contributed by atoms with Gasteiger partial charge in [0.15, 0.2) is 11.3 Å². The number of ether oxygens (including phenoxy) is 1. The standard InChI is InChI=1S/C32H32N4O5/c1-34-11-13-35(14-12-34)20-28(38)33-25-10-9-22(32-30(25)24-5-2-3-8-27(24)40-32)21-6-4-7-23-26(37)19-29(41-31(21)23)36-15-17-39-18-16-36/h2-10,19H,11-18,20H2,1H3,(H,33,38). The van der Waals surface area contributed by atoms with Crippen LogP contribution in [0.25, 0.3) is 44.0 Å². The first-order valence-corrected chi connectivity index (χ1v) is 14.1. The van der Waals surface area contributed by atoms with Crippen molar-refractivity contribution in [3.8, 4) is 11.1 Å². The van der Waals surface area contributed by atoms with Gasteiger partial charge in [0.05, 0.1) is 36.2 Å². The molecule has 5 aromatic rings. The number of nitrogens with one attached hydrogen (secondary N) is 1. The van der Waals surface area contributed by atoms with E-state index in [1.54, 1.807) is 12.1 Å². The van der Waals surface area contributed by atoms with E-state index in [1.807, 2.05) is 53.4 Å². The number of hydrogen-bond donors (Lipinski definition) is 1. The van der Waals surface area contributed by atoms with Crippen LogP contribution in [0.15, 0.2) is 74.3 Å². The predicted octanol–water partition coefficient (Wildman–Crippen LogP) is 4.38. The lowest BCUT2D eigenvalue weighted by Crippen LogP contribution is -2.47. The summed E-state index contributed by atoms with van der Waals surface area (Å²) in [6.07, 6.45) is 0. The first-order chi connectivity index (χ1) is 20.0. The molecular formula is C32H32N4O5. The van der Waals surface area contributed by atoms with E-state index in [2.05, 4.69) is 22.2 Å². The number of fused-ring (bicyclic) bond motifs is 4. The lowest BCUT2D eigenvalue weighted by atomic mass is 9.99. The van der Waals surface area contributed by atoms with Crippen LogP contribution in [0.4, 0.5) is 11.6 Å². The highest BCUT2D eigenvalue weighted by molar-refractivity contribution is 6.18. The second-order valence-electron chi connectivity index (χ2n) is 10.8. The van der Waals surface area contributed by atoms with Gasteiger partial charge in [0.1, 0.15) is 16.7 Å². The van der Waals surface area contributed by atoms with Crippen molar-refractivity contribution in [3.05, 3.63) is 70.9 Å². The van der Waals surface area contributed by atoms with Crippen LogP contribution in [-0.4, -0.2) is 81.8 Å². The molecule has 2 aromatic heterocycles. The number of piperazine rings is 1. The van der Waals surface area contributed by atoms with Crippen LogP contribution in [0.3, 0.4) is 0 Å². The molecule has 2 aliphatic rings. The van der Waals surface area contributed by atoms with Crippen molar-refractivity contribution in [2.45, 2.75) is 0 Å². The molecule has 7 rings (SSSR count). The highest BCUT2D eigenvalue weighted by Crippen LogP contribution is 2.42. The normalized spacial score (nSPS) is 17.0. The van der Waals surface area contributed by atoms with Gasteiger partial charge in [-0.05, 0) is 31.3 Å². The van der Waals surface area contributed by atoms with Crippen LogP contribution in [0.2, 0.25) is 0 Å². The molecule has 1 N–H and O–H groups in total. The topological polar surface area (TPSA) is 91.4 Å². The number of amides is 1. The molecule has 0 radical (unpaired) electrons. The van der Waals surface area contributed by atoms with Gasteiger partial charge in [0.25, 0.3) is 0 Å². The Kier molecular flexibility index (Phi) is 6.70. The van der Waals surface area contributed by atoms with Crippen LogP contribution in [0, 0.1) is 0 Å². The van der Waals surface area contributed by atoms with E-state index in [9.17, 15) is 9.59 Å². The summed E-state index contributed by atoms with van der Waals surface area (Å²) in [6.45, 7) is 6.47. The van der Waals surface area contributed by atoms with Gasteiger partial charge in [-0.3, -0.25) is 14.5 Å². The fourth-order valence-corrected chi connectivity index (χ4v) is 5.86. The molecule has 2 saturated heterocycles. The minimum Gasteiger partial charge on any atom is -0.455 e. The van der Waals surface area contributed by atoms with E-state index in [1.165, 1.54) is 0 Å². The fourth-order valence-electron chi connectivity index (χ4n) is 5.86. The Morgan fingerprint density at radius 2 is 1.59 bits per heavy atom. The van der Waals surface area contributed by atoms with Gasteiger partial charge >= 0.3 is 0 Å². The summed E-state index contributed by atoms with van der Waals surface area (Å²) in [5.41, 5.74) is 4.02. The third kappa shape index (κ3) is 4.86. The predicted molar refractivity (Wildman–Crippen MR) is 161 cm³/mol. The highest BCUT2D eigenvalue weighted by atomic mass is 16.5. The third-order valence-corrected chi connectivity index (χ3v) is 8.12. The molecule has 0 aliphatic carbocycles. The summed E-state index contributed by atoms with van der Waals surface area (Å²) < 4.78 is 18.3. The molecule has 0 atom stereocenters. The first kappa shape index (κ1) is 25.8. The SMILES string of the molecule is CN1CCN(CC(=O)Nc2ccc(-c3cccc4c(=O)cc(N5CCOCC5)oc34)c3oc4ccccc4c23)CC1. The number of carbonyl (C=O) groups excluding carboxylic acids is 1. The van der Waals surface area contributed by atoms with Crippen LogP contribution < -0.4 is 15.6 Å². The zero-order valence-corrected chi connectivity index (χ0v) is 23.0. The van der Waals surface area contributed by atoms with E-state index in [-0.39, 0.29) is 11.3 Å². The zero-order valence-electron chi connectivity index (χ0n) is 23.0. The molecule has 9 nitrogen and oxygen atoms in total. The van der Waals surface area contributed by atoms with E-state index < -0.39 is 0 Å². The monoisotopic (exact) mass is 552 g/mol. The van der Waals surface area contributed by atoms with Crippen molar-refractivity contribution in [1.29, 1.82) is 0 Å². The minimum absolute atomic E-state index is 0.0554. The number of nitrogens with zero attached hydrogens (tertiary/aromatic N) is 3. The van der Waals surface area contributed by atoms with E-state index >= 15 is 0 Å². The Morgan fingerprint density at radius 1 is 0.829 bits per heavy atom. The van der Waals surface area contributed by atoms with Crippen LogP contribution >= 0.6 is 0 Å². The molecule has 0 spiro atoms. The average molecular weight is 553 g/mol. The van der Waals surface area contributed by atoms with Crippen molar-refractivity contribution >= 4 is 50.4 Å². The van der Waals surface area contributed by atoms with E-state index in [0.717, 1.165) is 53.7 Å². The van der Waals surface area contributed by atoms with Gasteiger partial charge in [-0.2, -0.15) is 0 Å². The van der Waals surface area contributed by atoms with Crippen LogP contribution in [-0.2, 0) is 9.53 Å². The Hall–Kier alpha value is -4.18. The Labute approximate surface area is 236 Å². The first-order valence-electron chi connectivity index (χ1n) is 14.1. The molecule has 0 saturated carbocycles. The minimum atomic E-state index is -0.0942. The zero-order chi connectivity index (χ0) is 27.9. The summed E-state index contributed by atoms with van der Waals surface area (Å²) in [5.74, 6) is 0.479.